The zero-order chi connectivity index (χ0) is 9.84. The van der Waals surface area contributed by atoms with Gasteiger partial charge in [0.1, 0.15) is 0 Å². The predicted octanol–water partition coefficient (Wildman–Crippen LogP) is 2.26. The van der Waals surface area contributed by atoms with Crippen LogP contribution in [0.3, 0.4) is 0 Å². The number of amides is 1. The maximum absolute atomic E-state index is 11.6. The van der Waals surface area contributed by atoms with Crippen LogP contribution in [0.15, 0.2) is 0 Å². The van der Waals surface area contributed by atoms with E-state index in [-0.39, 0.29) is 17.2 Å². The van der Waals surface area contributed by atoms with Crippen LogP contribution in [-0.2, 0) is 4.79 Å². The second-order valence-electron chi connectivity index (χ2n) is 4.01. The first-order valence-corrected chi connectivity index (χ1v) is 5.47. The molecule has 0 spiro atoms. The summed E-state index contributed by atoms with van der Waals surface area (Å²) < 4.78 is 0. The Morgan fingerprint density at radius 2 is 2.08 bits per heavy atom. The molecule has 0 aromatic carbocycles. The van der Waals surface area contributed by atoms with Gasteiger partial charge in [0.15, 0.2) is 0 Å². The molecule has 1 fully saturated rings. The zero-order valence-electron chi connectivity index (χ0n) is 8.42. The van der Waals surface area contributed by atoms with Crippen molar-refractivity contribution in [3.05, 3.63) is 0 Å². The SMILES string of the molecule is CC(C)C(=O)N1CCCC(Cl)CC1. The van der Waals surface area contributed by atoms with Crippen molar-refractivity contribution >= 4 is 17.5 Å². The van der Waals surface area contributed by atoms with Crippen molar-refractivity contribution in [1.29, 1.82) is 0 Å². The van der Waals surface area contributed by atoms with Gasteiger partial charge in [-0.1, -0.05) is 13.8 Å². The molecule has 0 radical (unpaired) electrons. The molecule has 2 nitrogen and oxygen atoms in total. The minimum Gasteiger partial charge on any atom is -0.342 e. The molecule has 1 heterocycles. The molecule has 1 rings (SSSR count). The molecular weight excluding hydrogens is 186 g/mol. The summed E-state index contributed by atoms with van der Waals surface area (Å²) in [6.45, 7) is 5.63. The van der Waals surface area contributed by atoms with Crippen LogP contribution in [0.25, 0.3) is 0 Å². The van der Waals surface area contributed by atoms with Crippen molar-refractivity contribution in [2.24, 2.45) is 5.92 Å². The van der Waals surface area contributed by atoms with Crippen LogP contribution in [0, 0.1) is 5.92 Å². The fraction of sp³-hybridized carbons (Fsp3) is 0.900. The number of hydrogen-bond acceptors (Lipinski definition) is 1. The molecule has 76 valence electrons. The molecule has 0 aliphatic carbocycles. The Morgan fingerprint density at radius 1 is 1.38 bits per heavy atom. The predicted molar refractivity (Wildman–Crippen MR) is 54.9 cm³/mol. The van der Waals surface area contributed by atoms with Crippen LogP contribution < -0.4 is 0 Å². The van der Waals surface area contributed by atoms with Crippen molar-refractivity contribution < 1.29 is 4.79 Å². The highest BCUT2D eigenvalue weighted by Gasteiger charge is 2.20. The van der Waals surface area contributed by atoms with E-state index in [4.69, 9.17) is 11.6 Å². The second kappa shape index (κ2) is 4.85. The molecule has 1 aliphatic rings. The van der Waals surface area contributed by atoms with Gasteiger partial charge in [0.25, 0.3) is 0 Å². The first-order valence-electron chi connectivity index (χ1n) is 5.04. The van der Waals surface area contributed by atoms with E-state index in [1.165, 1.54) is 0 Å². The number of carbonyl (C=O) groups is 1. The van der Waals surface area contributed by atoms with E-state index in [0.29, 0.717) is 0 Å². The van der Waals surface area contributed by atoms with Crippen LogP contribution in [0.2, 0.25) is 0 Å². The lowest BCUT2D eigenvalue weighted by Crippen LogP contribution is -2.35. The van der Waals surface area contributed by atoms with Gasteiger partial charge in [0.2, 0.25) is 5.91 Å². The lowest BCUT2D eigenvalue weighted by atomic mass is 10.2. The molecule has 1 aliphatic heterocycles. The standard InChI is InChI=1S/C10H18ClNO/c1-8(2)10(13)12-6-3-4-9(11)5-7-12/h8-9H,3-7H2,1-2H3. The van der Waals surface area contributed by atoms with Gasteiger partial charge in [-0.05, 0) is 19.3 Å². The lowest BCUT2D eigenvalue weighted by molar-refractivity contribution is -0.134. The number of carbonyl (C=O) groups excluding carboxylic acids is 1. The summed E-state index contributed by atoms with van der Waals surface area (Å²) in [5.41, 5.74) is 0. The summed E-state index contributed by atoms with van der Waals surface area (Å²) in [6.07, 6.45) is 3.04. The van der Waals surface area contributed by atoms with Gasteiger partial charge in [0.05, 0.1) is 0 Å². The normalized spacial score (nSPS) is 24.6. The van der Waals surface area contributed by atoms with Crippen molar-refractivity contribution in [2.75, 3.05) is 13.1 Å². The van der Waals surface area contributed by atoms with Gasteiger partial charge in [-0.25, -0.2) is 0 Å². The van der Waals surface area contributed by atoms with Crippen LogP contribution in [0.4, 0.5) is 0 Å². The Labute approximate surface area is 85.2 Å². The monoisotopic (exact) mass is 203 g/mol. The summed E-state index contributed by atoms with van der Waals surface area (Å²) in [4.78, 5) is 13.6. The molecular formula is C10H18ClNO. The fourth-order valence-electron chi connectivity index (χ4n) is 1.64. The topological polar surface area (TPSA) is 20.3 Å². The Bertz CT molecular complexity index is 182. The maximum Gasteiger partial charge on any atom is 0.225 e. The third-order valence-corrected chi connectivity index (χ3v) is 2.90. The number of nitrogens with zero attached hydrogens (tertiary/aromatic N) is 1. The van der Waals surface area contributed by atoms with Crippen LogP contribution >= 0.6 is 11.6 Å². The minimum atomic E-state index is 0.117. The van der Waals surface area contributed by atoms with Gasteiger partial charge >= 0.3 is 0 Å². The molecule has 1 unspecified atom stereocenters. The van der Waals surface area contributed by atoms with Crippen molar-refractivity contribution in [3.8, 4) is 0 Å². The molecule has 0 aromatic rings. The first kappa shape index (κ1) is 10.8. The van der Waals surface area contributed by atoms with E-state index in [2.05, 4.69) is 0 Å². The van der Waals surface area contributed by atoms with Crippen molar-refractivity contribution in [1.82, 2.24) is 4.90 Å². The molecule has 0 N–H and O–H groups in total. The van der Waals surface area contributed by atoms with Crippen molar-refractivity contribution in [2.45, 2.75) is 38.5 Å². The number of hydrogen-bond donors (Lipinski definition) is 0. The van der Waals surface area contributed by atoms with Gasteiger partial charge in [-0.2, -0.15) is 0 Å². The summed E-state index contributed by atoms with van der Waals surface area (Å²) >= 11 is 6.03. The van der Waals surface area contributed by atoms with E-state index in [9.17, 15) is 4.79 Å². The highest BCUT2D eigenvalue weighted by molar-refractivity contribution is 6.20. The van der Waals surface area contributed by atoms with E-state index in [1.807, 2.05) is 18.7 Å². The maximum atomic E-state index is 11.6. The second-order valence-corrected chi connectivity index (χ2v) is 4.63. The molecule has 1 saturated heterocycles. The molecule has 0 saturated carbocycles. The van der Waals surface area contributed by atoms with Gasteiger partial charge in [-0.3, -0.25) is 4.79 Å². The summed E-state index contributed by atoms with van der Waals surface area (Å²) in [6, 6.07) is 0. The molecule has 1 amide bonds. The molecule has 3 heteroatoms. The number of halogens is 1. The largest absolute Gasteiger partial charge is 0.342 e. The molecule has 0 bridgehead atoms. The highest BCUT2D eigenvalue weighted by Crippen LogP contribution is 2.17. The first-order chi connectivity index (χ1) is 6.11. The van der Waals surface area contributed by atoms with Gasteiger partial charge in [-0.15, -0.1) is 11.6 Å². The average Bonchev–Trinajstić information content (AvgIpc) is 2.28. The summed E-state index contributed by atoms with van der Waals surface area (Å²) in [7, 11) is 0. The third-order valence-electron chi connectivity index (χ3n) is 2.46. The summed E-state index contributed by atoms with van der Waals surface area (Å²) in [5.74, 6) is 0.387. The Morgan fingerprint density at radius 3 is 2.69 bits per heavy atom. The Kier molecular flexibility index (Phi) is 4.04. The Hall–Kier alpha value is -0.240. The molecule has 1 atom stereocenters. The minimum absolute atomic E-state index is 0.117. The highest BCUT2D eigenvalue weighted by atomic mass is 35.5. The van der Waals surface area contributed by atoms with Crippen molar-refractivity contribution in [3.63, 3.8) is 0 Å². The quantitative estimate of drug-likeness (QED) is 0.599. The van der Waals surface area contributed by atoms with Gasteiger partial charge in [0, 0.05) is 24.4 Å². The third kappa shape index (κ3) is 3.18. The van der Waals surface area contributed by atoms with Crippen LogP contribution in [0.1, 0.15) is 33.1 Å². The molecule has 0 aromatic heterocycles. The number of rotatable bonds is 1. The van der Waals surface area contributed by atoms with E-state index < -0.39 is 0 Å². The fourth-order valence-corrected chi connectivity index (χ4v) is 1.89. The Balaban J connectivity index is 2.46. The smallest absolute Gasteiger partial charge is 0.225 e. The number of alkyl halides is 1. The lowest BCUT2D eigenvalue weighted by Gasteiger charge is -2.22. The van der Waals surface area contributed by atoms with E-state index in [1.54, 1.807) is 0 Å². The molecule has 13 heavy (non-hydrogen) atoms. The summed E-state index contributed by atoms with van der Waals surface area (Å²) in [5, 5.41) is 0.268. The zero-order valence-corrected chi connectivity index (χ0v) is 9.18. The number of likely N-dealkylation sites (tertiary alicyclic amines) is 1. The van der Waals surface area contributed by atoms with E-state index in [0.717, 1.165) is 32.4 Å². The van der Waals surface area contributed by atoms with Crippen LogP contribution in [0.5, 0.6) is 0 Å². The average molecular weight is 204 g/mol. The van der Waals surface area contributed by atoms with Gasteiger partial charge < -0.3 is 4.90 Å². The van der Waals surface area contributed by atoms with Crippen LogP contribution in [-0.4, -0.2) is 29.3 Å². The van der Waals surface area contributed by atoms with E-state index >= 15 is 0 Å².